The molecule has 1 atom stereocenters. The molecular formula is C42H38Cl2Zr. The van der Waals surface area contributed by atoms with Gasteiger partial charge in [0.05, 0.1) is 0 Å². The van der Waals surface area contributed by atoms with Crippen molar-refractivity contribution in [1.29, 1.82) is 0 Å². The summed E-state index contributed by atoms with van der Waals surface area (Å²) in [5.41, 5.74) is 10.8. The zero-order valence-corrected chi connectivity index (χ0v) is 30.2. The number of halogens is 2. The maximum absolute atomic E-state index is 2.38. The molecule has 0 nitrogen and oxygen atoms in total. The number of hydrogen-bond donors (Lipinski definition) is 0. The minimum atomic E-state index is 0. The summed E-state index contributed by atoms with van der Waals surface area (Å²) in [6.45, 7) is 8.99. The molecule has 0 spiro atoms. The Hall–Kier alpha value is -3.22. The van der Waals surface area contributed by atoms with Crippen molar-refractivity contribution in [1.82, 2.24) is 0 Å². The maximum atomic E-state index is 2.38. The smallest absolute Gasteiger partial charge is 1.00 e. The van der Waals surface area contributed by atoms with E-state index in [2.05, 4.69) is 173 Å². The Morgan fingerprint density at radius 3 is 1.62 bits per heavy atom. The third kappa shape index (κ3) is 7.96. The maximum Gasteiger partial charge on any atom is 4.00 e. The van der Waals surface area contributed by atoms with Gasteiger partial charge < -0.3 is 24.8 Å². The molecule has 0 bridgehead atoms. The quantitative estimate of drug-likeness (QED) is 0.192. The van der Waals surface area contributed by atoms with E-state index in [-0.39, 0.29) is 51.0 Å². The Bertz CT molecular complexity index is 1920. The summed E-state index contributed by atoms with van der Waals surface area (Å²) >= 11 is 0. The van der Waals surface area contributed by atoms with Gasteiger partial charge in [0.15, 0.2) is 0 Å². The van der Waals surface area contributed by atoms with Gasteiger partial charge in [0, 0.05) is 0 Å². The molecule has 0 aliphatic rings. The van der Waals surface area contributed by atoms with Gasteiger partial charge in [0.2, 0.25) is 0 Å². The molecule has 0 radical (unpaired) electrons. The summed E-state index contributed by atoms with van der Waals surface area (Å²) in [5, 5.41) is 5.44. The van der Waals surface area contributed by atoms with Gasteiger partial charge >= 0.3 is 26.2 Å². The zero-order chi connectivity index (χ0) is 29.1. The molecular weight excluding hydrogens is 667 g/mol. The second kappa shape index (κ2) is 16.4. The Morgan fingerprint density at radius 2 is 1.04 bits per heavy atom. The molecule has 0 aliphatic carbocycles. The largest absolute Gasteiger partial charge is 4.00 e. The first-order valence-corrected chi connectivity index (χ1v) is 15.0. The average molecular weight is 705 g/mol. The van der Waals surface area contributed by atoms with Crippen LogP contribution in [0.4, 0.5) is 0 Å². The predicted octanol–water partition coefficient (Wildman–Crippen LogP) is 6.04. The molecule has 0 fully saturated rings. The molecule has 1 unspecified atom stereocenters. The summed E-state index contributed by atoms with van der Waals surface area (Å²) < 4.78 is 0. The molecule has 7 rings (SSSR count). The zero-order valence-electron chi connectivity index (χ0n) is 26.3. The Balaban J connectivity index is 0.000000238. The minimum absolute atomic E-state index is 0. The van der Waals surface area contributed by atoms with E-state index in [0.717, 1.165) is 0 Å². The first-order chi connectivity index (χ1) is 20.5. The monoisotopic (exact) mass is 702 g/mol. The van der Waals surface area contributed by atoms with Crippen LogP contribution in [-0.4, -0.2) is 0 Å². The number of fused-ring (bicyclic) bond motifs is 2. The van der Waals surface area contributed by atoms with E-state index >= 15 is 0 Å². The number of benzene rings is 5. The molecule has 0 amide bonds. The van der Waals surface area contributed by atoms with E-state index in [4.69, 9.17) is 0 Å². The van der Waals surface area contributed by atoms with Crippen LogP contribution >= 0.6 is 0 Å². The van der Waals surface area contributed by atoms with Gasteiger partial charge in [0.1, 0.15) is 0 Å². The molecule has 7 aromatic rings. The summed E-state index contributed by atoms with van der Waals surface area (Å²) in [4.78, 5) is 0. The van der Waals surface area contributed by atoms with E-state index in [1.807, 2.05) is 0 Å². The van der Waals surface area contributed by atoms with Crippen LogP contribution in [0.5, 0.6) is 0 Å². The van der Waals surface area contributed by atoms with Crippen LogP contribution in [0.25, 0.3) is 43.8 Å². The predicted molar refractivity (Wildman–Crippen MR) is 183 cm³/mol. The van der Waals surface area contributed by atoms with Crippen LogP contribution in [0, 0.1) is 6.92 Å². The first kappa shape index (κ1) is 36.3. The van der Waals surface area contributed by atoms with Gasteiger partial charge in [-0.05, 0) is 28.5 Å². The molecule has 0 N–H and O–H groups in total. The summed E-state index contributed by atoms with van der Waals surface area (Å²) in [6, 6.07) is 52.5. The van der Waals surface area contributed by atoms with Gasteiger partial charge in [0.25, 0.3) is 0 Å². The SMILES string of the molecule is CC(C)c1cc2c(-c3ccccc3)cccc2[cH-]1.Cc1ccc(-c2ccccc2)c2cc(C(C)c3ccccc3)[cH-]c12.[Cl-].[Cl-].[Zr+4]. The molecule has 0 aliphatic heterocycles. The van der Waals surface area contributed by atoms with Crippen LogP contribution in [0.15, 0.2) is 146 Å². The van der Waals surface area contributed by atoms with Gasteiger partial charge in [-0.3, -0.25) is 0 Å². The molecule has 7 aromatic carbocycles. The molecule has 224 valence electrons. The van der Waals surface area contributed by atoms with E-state index < -0.39 is 0 Å². The normalized spacial score (nSPS) is 11.1. The molecule has 45 heavy (non-hydrogen) atoms. The van der Waals surface area contributed by atoms with E-state index in [9.17, 15) is 0 Å². The molecule has 0 saturated heterocycles. The van der Waals surface area contributed by atoms with Crippen molar-refractivity contribution in [2.24, 2.45) is 0 Å². The fourth-order valence-electron chi connectivity index (χ4n) is 5.98. The van der Waals surface area contributed by atoms with Crippen LogP contribution < -0.4 is 24.8 Å². The topological polar surface area (TPSA) is 0 Å². The summed E-state index contributed by atoms with van der Waals surface area (Å²) in [5.74, 6) is 0.989. The molecule has 0 saturated carbocycles. The van der Waals surface area contributed by atoms with Crippen LogP contribution in [-0.2, 0) is 26.2 Å². The number of hydrogen-bond acceptors (Lipinski definition) is 0. The summed E-state index contributed by atoms with van der Waals surface area (Å²) in [6.07, 6.45) is 0. The van der Waals surface area contributed by atoms with Crippen molar-refractivity contribution in [3.05, 3.63) is 168 Å². The molecule has 0 heterocycles. The van der Waals surface area contributed by atoms with Crippen LogP contribution in [0.2, 0.25) is 0 Å². The number of rotatable bonds is 5. The third-order valence-corrected chi connectivity index (χ3v) is 8.54. The van der Waals surface area contributed by atoms with Crippen molar-refractivity contribution in [2.45, 2.75) is 39.5 Å². The average Bonchev–Trinajstić information content (AvgIpc) is 3.69. The van der Waals surface area contributed by atoms with Gasteiger partial charge in [-0.1, -0.05) is 142 Å². The third-order valence-electron chi connectivity index (χ3n) is 8.54. The van der Waals surface area contributed by atoms with Crippen molar-refractivity contribution in [3.63, 3.8) is 0 Å². The Labute approximate surface area is 300 Å². The molecule has 3 heteroatoms. The molecule has 0 aromatic heterocycles. The van der Waals surface area contributed by atoms with Gasteiger partial charge in [-0.15, -0.1) is 68.6 Å². The fourth-order valence-corrected chi connectivity index (χ4v) is 5.98. The second-order valence-electron chi connectivity index (χ2n) is 11.7. The number of aryl methyl sites for hydroxylation is 1. The summed E-state index contributed by atoms with van der Waals surface area (Å²) in [7, 11) is 0. The van der Waals surface area contributed by atoms with E-state index in [1.54, 1.807) is 0 Å². The van der Waals surface area contributed by atoms with E-state index in [0.29, 0.717) is 11.8 Å². The van der Waals surface area contributed by atoms with Crippen LogP contribution in [0.1, 0.15) is 54.9 Å². The van der Waals surface area contributed by atoms with Crippen molar-refractivity contribution >= 4 is 21.5 Å². The van der Waals surface area contributed by atoms with Gasteiger partial charge in [-0.25, -0.2) is 0 Å². The fraction of sp³-hybridized carbons (Fsp3) is 0.143. The van der Waals surface area contributed by atoms with E-state index in [1.165, 1.54) is 66.1 Å². The van der Waals surface area contributed by atoms with Crippen molar-refractivity contribution < 1.29 is 51.0 Å². The second-order valence-corrected chi connectivity index (χ2v) is 11.7. The van der Waals surface area contributed by atoms with Crippen molar-refractivity contribution in [2.75, 3.05) is 0 Å². The van der Waals surface area contributed by atoms with Crippen molar-refractivity contribution in [3.8, 4) is 22.3 Å². The standard InChI is InChI=1S/C24H21.C18H17.2ClH.Zr/c1-17-13-14-22(20-11-7-4-8-12-20)24-16-21(15-23(17)24)18(2)19-9-5-3-6-10-19;1-13(2)16-11-15-9-6-10-17(18(15)12-16)14-7-4-3-5-8-14;;;/h3-16,18H,1-2H3;3-13H,1-2H3;2*1H;/q2*-1;;;+4/p-2. The van der Waals surface area contributed by atoms with Gasteiger partial charge in [-0.2, -0.15) is 12.1 Å². The Kier molecular flexibility index (Phi) is 13.2. The van der Waals surface area contributed by atoms with Crippen LogP contribution in [0.3, 0.4) is 0 Å². The minimum Gasteiger partial charge on any atom is -1.00 e. The Morgan fingerprint density at radius 1 is 0.511 bits per heavy atom. The first-order valence-electron chi connectivity index (χ1n) is 15.0.